The predicted molar refractivity (Wildman–Crippen MR) is 95.6 cm³/mol. The molecule has 0 saturated heterocycles. The molecule has 0 amide bonds. The van der Waals surface area contributed by atoms with Gasteiger partial charge in [0.25, 0.3) is 5.56 Å². The number of aromatic nitrogens is 2. The molecule has 2 aromatic heterocycles. The highest BCUT2D eigenvalue weighted by molar-refractivity contribution is 5.89. The van der Waals surface area contributed by atoms with Crippen LogP contribution in [-0.4, -0.2) is 15.7 Å². The first-order valence-corrected chi connectivity index (χ1v) is 8.33. The zero-order chi connectivity index (χ0) is 18.7. The molecule has 0 radical (unpaired) electrons. The normalized spacial score (nSPS) is 10.8. The van der Waals surface area contributed by atoms with E-state index in [1.165, 1.54) is 28.9 Å². The zero-order valence-electron chi connectivity index (χ0n) is 14.5. The van der Waals surface area contributed by atoms with Gasteiger partial charge in [-0.05, 0) is 37.1 Å². The van der Waals surface area contributed by atoms with Crippen LogP contribution in [0, 0.1) is 6.92 Å². The molecule has 0 unspecified atom stereocenters. The summed E-state index contributed by atoms with van der Waals surface area (Å²) in [6.07, 6.45) is 1.69. The summed E-state index contributed by atoms with van der Waals surface area (Å²) in [5, 5.41) is 4.81. The first-order chi connectivity index (χ1) is 12.5. The van der Waals surface area contributed by atoms with Gasteiger partial charge in [-0.2, -0.15) is 5.10 Å². The van der Waals surface area contributed by atoms with Gasteiger partial charge in [0.1, 0.15) is 11.3 Å². The maximum atomic E-state index is 12.3. The molecule has 0 atom stereocenters. The molecule has 0 fully saturated rings. The standard InChI is InChI=1S/C19H18N2O5/c1-3-4-9-21-17(22)8-7-15(20-21)19(24)25-13-5-6-14-12(2)10-18(23)26-16(14)11-13/h5-8,10-11H,3-4,9H2,1-2H3. The van der Waals surface area contributed by atoms with Crippen LogP contribution in [0.15, 0.2) is 50.4 Å². The number of aryl methyl sites for hydroxylation is 2. The van der Waals surface area contributed by atoms with Crippen LogP contribution in [0.1, 0.15) is 35.8 Å². The second-order valence-electron chi connectivity index (χ2n) is 5.93. The number of hydrogen-bond donors (Lipinski definition) is 0. The lowest BCUT2D eigenvalue weighted by atomic mass is 10.1. The Morgan fingerprint density at radius 1 is 1.19 bits per heavy atom. The molecule has 7 heteroatoms. The van der Waals surface area contributed by atoms with E-state index in [0.29, 0.717) is 12.1 Å². The number of nitrogens with zero attached hydrogens (tertiary/aromatic N) is 2. The fraction of sp³-hybridized carbons (Fsp3) is 0.263. The van der Waals surface area contributed by atoms with Crippen LogP contribution in [0.5, 0.6) is 5.75 Å². The summed E-state index contributed by atoms with van der Waals surface area (Å²) in [5.74, 6) is -0.464. The molecule has 0 bridgehead atoms. The van der Waals surface area contributed by atoms with E-state index < -0.39 is 11.6 Å². The molecule has 26 heavy (non-hydrogen) atoms. The van der Waals surface area contributed by atoms with Crippen molar-refractivity contribution in [2.24, 2.45) is 0 Å². The Morgan fingerprint density at radius 2 is 2.00 bits per heavy atom. The van der Waals surface area contributed by atoms with Crippen LogP contribution in [0.25, 0.3) is 11.0 Å². The zero-order valence-corrected chi connectivity index (χ0v) is 14.5. The van der Waals surface area contributed by atoms with Crippen molar-refractivity contribution in [1.82, 2.24) is 9.78 Å². The molecule has 0 aliphatic heterocycles. The van der Waals surface area contributed by atoms with Crippen LogP contribution in [0.3, 0.4) is 0 Å². The predicted octanol–water partition coefficient (Wildman–Crippen LogP) is 2.68. The number of carbonyl (C=O) groups excluding carboxylic acids is 1. The Labute approximate surface area is 148 Å². The fourth-order valence-electron chi connectivity index (χ4n) is 2.55. The Hall–Kier alpha value is -3.22. The van der Waals surface area contributed by atoms with Gasteiger partial charge < -0.3 is 9.15 Å². The minimum Gasteiger partial charge on any atom is -0.423 e. The molecule has 0 spiro atoms. The highest BCUT2D eigenvalue weighted by atomic mass is 16.5. The van der Waals surface area contributed by atoms with Gasteiger partial charge in [0.05, 0.1) is 0 Å². The number of benzene rings is 1. The Morgan fingerprint density at radius 3 is 2.77 bits per heavy atom. The molecule has 0 aliphatic rings. The van der Waals surface area contributed by atoms with Crippen molar-refractivity contribution in [2.45, 2.75) is 33.2 Å². The van der Waals surface area contributed by atoms with Gasteiger partial charge in [-0.1, -0.05) is 13.3 Å². The average Bonchev–Trinajstić information content (AvgIpc) is 2.60. The number of ether oxygens (including phenoxy) is 1. The summed E-state index contributed by atoms with van der Waals surface area (Å²) in [5.41, 5.74) is 0.410. The van der Waals surface area contributed by atoms with Crippen molar-refractivity contribution in [3.8, 4) is 5.75 Å². The largest absolute Gasteiger partial charge is 0.423 e. The van der Waals surface area contributed by atoms with Crippen molar-refractivity contribution in [1.29, 1.82) is 0 Å². The molecule has 0 aliphatic carbocycles. The van der Waals surface area contributed by atoms with Crippen LogP contribution >= 0.6 is 0 Å². The quantitative estimate of drug-likeness (QED) is 0.397. The van der Waals surface area contributed by atoms with Gasteiger partial charge in [0, 0.05) is 30.1 Å². The van der Waals surface area contributed by atoms with Gasteiger partial charge in [0.15, 0.2) is 5.69 Å². The van der Waals surface area contributed by atoms with Crippen molar-refractivity contribution in [2.75, 3.05) is 0 Å². The summed E-state index contributed by atoms with van der Waals surface area (Å²) >= 11 is 0. The van der Waals surface area contributed by atoms with Crippen LogP contribution in [-0.2, 0) is 6.54 Å². The molecule has 0 N–H and O–H groups in total. The maximum absolute atomic E-state index is 12.3. The van der Waals surface area contributed by atoms with Gasteiger partial charge in [-0.25, -0.2) is 14.3 Å². The summed E-state index contributed by atoms with van der Waals surface area (Å²) in [6, 6.07) is 8.83. The summed E-state index contributed by atoms with van der Waals surface area (Å²) in [6.45, 7) is 4.24. The molecule has 3 rings (SSSR count). The van der Waals surface area contributed by atoms with E-state index in [0.717, 1.165) is 23.8 Å². The number of carbonyl (C=O) groups is 1. The van der Waals surface area contributed by atoms with E-state index in [1.54, 1.807) is 19.1 Å². The van der Waals surface area contributed by atoms with Crippen LogP contribution in [0.2, 0.25) is 0 Å². The van der Waals surface area contributed by atoms with Gasteiger partial charge in [0.2, 0.25) is 0 Å². The number of fused-ring (bicyclic) bond motifs is 1. The van der Waals surface area contributed by atoms with Crippen LogP contribution in [0.4, 0.5) is 0 Å². The van der Waals surface area contributed by atoms with Crippen molar-refractivity contribution < 1.29 is 13.9 Å². The highest BCUT2D eigenvalue weighted by Gasteiger charge is 2.13. The fourth-order valence-corrected chi connectivity index (χ4v) is 2.55. The molecule has 2 heterocycles. The van der Waals surface area contributed by atoms with E-state index in [1.807, 2.05) is 6.92 Å². The summed E-state index contributed by atoms with van der Waals surface area (Å²) in [4.78, 5) is 35.6. The minimum atomic E-state index is -0.690. The number of rotatable bonds is 5. The van der Waals surface area contributed by atoms with Crippen LogP contribution < -0.4 is 15.9 Å². The first-order valence-electron chi connectivity index (χ1n) is 8.33. The van der Waals surface area contributed by atoms with Crippen molar-refractivity contribution in [3.63, 3.8) is 0 Å². The number of esters is 1. The molecule has 134 valence electrons. The monoisotopic (exact) mass is 354 g/mol. The number of unbranched alkanes of at least 4 members (excludes halogenated alkanes) is 1. The summed E-state index contributed by atoms with van der Waals surface area (Å²) in [7, 11) is 0. The van der Waals surface area contributed by atoms with Gasteiger partial charge in [-0.15, -0.1) is 0 Å². The maximum Gasteiger partial charge on any atom is 0.364 e. The second-order valence-corrected chi connectivity index (χ2v) is 5.93. The minimum absolute atomic E-state index is 0.0338. The number of hydrogen-bond acceptors (Lipinski definition) is 6. The van der Waals surface area contributed by atoms with Gasteiger partial charge in [-0.3, -0.25) is 4.79 Å². The van der Waals surface area contributed by atoms with Crippen molar-refractivity contribution in [3.05, 3.63) is 68.4 Å². The SMILES string of the molecule is CCCCn1nc(C(=O)Oc2ccc3c(C)cc(=O)oc3c2)ccc1=O. The third kappa shape index (κ3) is 3.72. The Balaban J connectivity index is 1.87. The molecular weight excluding hydrogens is 336 g/mol. The second kappa shape index (κ2) is 7.35. The van der Waals surface area contributed by atoms with E-state index in [4.69, 9.17) is 9.15 Å². The Kier molecular flexibility index (Phi) is 4.97. The molecule has 7 nitrogen and oxygen atoms in total. The third-order valence-electron chi connectivity index (χ3n) is 3.93. The molecular formula is C19H18N2O5. The van der Waals surface area contributed by atoms with Gasteiger partial charge >= 0.3 is 11.6 Å². The van der Waals surface area contributed by atoms with E-state index >= 15 is 0 Å². The van der Waals surface area contributed by atoms with E-state index in [2.05, 4.69) is 5.10 Å². The van der Waals surface area contributed by atoms with E-state index in [9.17, 15) is 14.4 Å². The average molecular weight is 354 g/mol. The smallest absolute Gasteiger partial charge is 0.364 e. The first kappa shape index (κ1) is 17.6. The summed E-state index contributed by atoms with van der Waals surface area (Å²) < 4.78 is 11.7. The lowest BCUT2D eigenvalue weighted by Crippen LogP contribution is -2.25. The topological polar surface area (TPSA) is 91.4 Å². The van der Waals surface area contributed by atoms with E-state index in [-0.39, 0.29) is 17.0 Å². The highest BCUT2D eigenvalue weighted by Crippen LogP contribution is 2.22. The Bertz CT molecular complexity index is 1080. The lowest BCUT2D eigenvalue weighted by molar-refractivity contribution is 0.0725. The third-order valence-corrected chi connectivity index (χ3v) is 3.93. The molecule has 0 saturated carbocycles. The molecule has 3 aromatic rings. The molecule has 1 aromatic carbocycles. The van der Waals surface area contributed by atoms with Crippen molar-refractivity contribution >= 4 is 16.9 Å². The lowest BCUT2D eigenvalue weighted by Gasteiger charge is -2.07.